The maximum atomic E-state index is 12.6. The van der Waals surface area contributed by atoms with Crippen molar-refractivity contribution >= 4 is 5.91 Å². The maximum Gasteiger partial charge on any atom is 0.251 e. The van der Waals surface area contributed by atoms with Crippen LogP contribution in [0.15, 0.2) is 40.9 Å². The second kappa shape index (κ2) is 10.6. The van der Waals surface area contributed by atoms with E-state index in [1.807, 2.05) is 32.0 Å². The van der Waals surface area contributed by atoms with Crippen molar-refractivity contribution in [3.8, 4) is 23.0 Å². The van der Waals surface area contributed by atoms with Gasteiger partial charge in [0.25, 0.3) is 5.91 Å². The topological polar surface area (TPSA) is 92.1 Å². The van der Waals surface area contributed by atoms with Gasteiger partial charge in [0.1, 0.15) is 23.9 Å². The van der Waals surface area contributed by atoms with E-state index in [4.69, 9.17) is 23.5 Å². The van der Waals surface area contributed by atoms with Gasteiger partial charge in [0.05, 0.1) is 32.6 Å². The van der Waals surface area contributed by atoms with E-state index in [2.05, 4.69) is 10.5 Å². The minimum absolute atomic E-state index is 0.206. The molecule has 2 aromatic carbocycles. The standard InChI is InChI=1S/C24H28N2O6/c1-15-20(16(2)32-26-15)14-31-22-8-6-18(13-23(22)30-5)24(27)25-11-10-17-12-19(28-3)7-9-21(17)29-4/h6-9,12-13H,10-11,14H2,1-5H3,(H,25,27). The molecule has 0 spiro atoms. The first-order chi connectivity index (χ1) is 15.5. The van der Waals surface area contributed by atoms with Crippen molar-refractivity contribution in [2.45, 2.75) is 26.9 Å². The number of amides is 1. The molecule has 0 radical (unpaired) electrons. The number of aryl methyl sites for hydroxylation is 2. The summed E-state index contributed by atoms with van der Waals surface area (Å²) in [5.74, 6) is 3.00. The van der Waals surface area contributed by atoms with Gasteiger partial charge < -0.3 is 28.8 Å². The van der Waals surface area contributed by atoms with Gasteiger partial charge in [0, 0.05) is 12.1 Å². The first-order valence-electron chi connectivity index (χ1n) is 10.2. The molecule has 0 bridgehead atoms. The molecule has 0 aliphatic rings. The number of methoxy groups -OCH3 is 3. The lowest BCUT2D eigenvalue weighted by atomic mass is 10.1. The summed E-state index contributed by atoms with van der Waals surface area (Å²) in [5.41, 5.74) is 3.10. The Morgan fingerprint density at radius 3 is 2.38 bits per heavy atom. The number of ether oxygens (including phenoxy) is 4. The molecular weight excluding hydrogens is 412 g/mol. The second-order valence-corrected chi connectivity index (χ2v) is 7.14. The van der Waals surface area contributed by atoms with Crippen LogP contribution in [0, 0.1) is 13.8 Å². The Balaban J connectivity index is 1.62. The first kappa shape index (κ1) is 23.0. The van der Waals surface area contributed by atoms with Crippen LogP contribution in [0.1, 0.15) is 32.9 Å². The number of aromatic nitrogens is 1. The molecule has 8 heteroatoms. The van der Waals surface area contributed by atoms with E-state index in [0.29, 0.717) is 42.4 Å². The number of hydrogen-bond acceptors (Lipinski definition) is 7. The fraction of sp³-hybridized carbons (Fsp3) is 0.333. The van der Waals surface area contributed by atoms with E-state index in [0.717, 1.165) is 28.3 Å². The van der Waals surface area contributed by atoms with E-state index in [1.165, 1.54) is 7.11 Å². The molecule has 1 heterocycles. The summed E-state index contributed by atoms with van der Waals surface area (Å²) < 4.78 is 27.1. The predicted octanol–water partition coefficient (Wildman–Crippen LogP) is 3.87. The number of rotatable bonds is 10. The van der Waals surface area contributed by atoms with Crippen molar-refractivity contribution in [3.05, 3.63) is 64.5 Å². The van der Waals surface area contributed by atoms with Gasteiger partial charge in [-0.15, -0.1) is 0 Å². The third kappa shape index (κ3) is 5.32. The van der Waals surface area contributed by atoms with Gasteiger partial charge in [-0.3, -0.25) is 4.79 Å². The van der Waals surface area contributed by atoms with Crippen LogP contribution < -0.4 is 24.3 Å². The van der Waals surface area contributed by atoms with Crippen molar-refractivity contribution in [1.82, 2.24) is 10.5 Å². The zero-order valence-electron chi connectivity index (χ0n) is 19.0. The van der Waals surface area contributed by atoms with Crippen molar-refractivity contribution in [3.63, 3.8) is 0 Å². The molecule has 32 heavy (non-hydrogen) atoms. The molecule has 0 aliphatic carbocycles. The highest BCUT2D eigenvalue weighted by atomic mass is 16.5. The molecule has 0 unspecified atom stereocenters. The summed E-state index contributed by atoms with van der Waals surface area (Å²) in [5, 5.41) is 6.85. The van der Waals surface area contributed by atoms with Crippen LogP contribution in [0.4, 0.5) is 0 Å². The normalized spacial score (nSPS) is 10.5. The van der Waals surface area contributed by atoms with Crippen molar-refractivity contribution < 1.29 is 28.3 Å². The third-order valence-corrected chi connectivity index (χ3v) is 5.15. The van der Waals surface area contributed by atoms with Crippen molar-refractivity contribution in [1.29, 1.82) is 0 Å². The molecule has 0 aliphatic heterocycles. The molecule has 1 N–H and O–H groups in total. The minimum atomic E-state index is -0.206. The molecule has 170 valence electrons. The minimum Gasteiger partial charge on any atom is -0.497 e. The highest BCUT2D eigenvalue weighted by Crippen LogP contribution is 2.29. The summed E-state index contributed by atoms with van der Waals surface area (Å²) >= 11 is 0. The Morgan fingerprint density at radius 2 is 1.72 bits per heavy atom. The molecule has 0 fully saturated rings. The monoisotopic (exact) mass is 440 g/mol. The van der Waals surface area contributed by atoms with Gasteiger partial charge in [0.15, 0.2) is 11.5 Å². The lowest BCUT2D eigenvalue weighted by Gasteiger charge is -2.13. The number of carbonyl (C=O) groups excluding carboxylic acids is 1. The molecule has 1 amide bonds. The van der Waals surface area contributed by atoms with Crippen LogP contribution in [0.2, 0.25) is 0 Å². The molecular formula is C24H28N2O6. The van der Waals surface area contributed by atoms with Gasteiger partial charge in [-0.25, -0.2) is 0 Å². The maximum absolute atomic E-state index is 12.6. The van der Waals surface area contributed by atoms with E-state index in [-0.39, 0.29) is 5.91 Å². The van der Waals surface area contributed by atoms with Crippen LogP contribution in [0.5, 0.6) is 23.0 Å². The van der Waals surface area contributed by atoms with Gasteiger partial charge in [-0.2, -0.15) is 0 Å². The molecule has 0 saturated carbocycles. The smallest absolute Gasteiger partial charge is 0.251 e. The fourth-order valence-corrected chi connectivity index (χ4v) is 3.28. The van der Waals surface area contributed by atoms with E-state index >= 15 is 0 Å². The number of hydrogen-bond donors (Lipinski definition) is 1. The lowest BCUT2D eigenvalue weighted by molar-refractivity contribution is 0.0953. The molecule has 3 rings (SSSR count). The van der Waals surface area contributed by atoms with Gasteiger partial charge in [-0.1, -0.05) is 5.16 Å². The van der Waals surface area contributed by atoms with Crippen LogP contribution >= 0.6 is 0 Å². The lowest BCUT2D eigenvalue weighted by Crippen LogP contribution is -2.25. The second-order valence-electron chi connectivity index (χ2n) is 7.14. The SMILES string of the molecule is COc1ccc(OC)c(CCNC(=O)c2ccc(OCc3c(C)noc3C)c(OC)c2)c1. The predicted molar refractivity (Wildman–Crippen MR) is 119 cm³/mol. The summed E-state index contributed by atoms with van der Waals surface area (Å²) in [6.07, 6.45) is 0.599. The van der Waals surface area contributed by atoms with E-state index in [1.54, 1.807) is 32.4 Å². The Morgan fingerprint density at radius 1 is 0.969 bits per heavy atom. The number of nitrogens with one attached hydrogen (secondary N) is 1. The first-order valence-corrected chi connectivity index (χ1v) is 10.2. The Hall–Kier alpha value is -3.68. The van der Waals surface area contributed by atoms with Gasteiger partial charge in [-0.05, 0) is 62.2 Å². The molecule has 3 aromatic rings. The Kier molecular flexibility index (Phi) is 7.59. The fourth-order valence-electron chi connectivity index (χ4n) is 3.28. The summed E-state index contributed by atoms with van der Waals surface area (Å²) in [6.45, 7) is 4.44. The number of benzene rings is 2. The molecule has 0 atom stereocenters. The Bertz CT molecular complexity index is 1060. The largest absolute Gasteiger partial charge is 0.497 e. The average molecular weight is 440 g/mol. The van der Waals surface area contributed by atoms with Crippen LogP contribution in [0.25, 0.3) is 0 Å². The summed E-state index contributed by atoms with van der Waals surface area (Å²) in [4.78, 5) is 12.6. The average Bonchev–Trinajstić information content (AvgIpc) is 3.14. The highest BCUT2D eigenvalue weighted by Gasteiger charge is 2.14. The molecule has 8 nitrogen and oxygen atoms in total. The number of nitrogens with zero attached hydrogens (tertiary/aromatic N) is 1. The highest BCUT2D eigenvalue weighted by molar-refractivity contribution is 5.94. The molecule has 0 saturated heterocycles. The molecule has 1 aromatic heterocycles. The summed E-state index contributed by atoms with van der Waals surface area (Å²) in [7, 11) is 4.77. The van der Waals surface area contributed by atoms with Crippen LogP contribution in [-0.4, -0.2) is 38.9 Å². The van der Waals surface area contributed by atoms with Gasteiger partial charge in [0.2, 0.25) is 0 Å². The van der Waals surface area contributed by atoms with Crippen molar-refractivity contribution in [2.75, 3.05) is 27.9 Å². The van der Waals surface area contributed by atoms with E-state index in [9.17, 15) is 4.79 Å². The Labute approximate surface area is 187 Å². The van der Waals surface area contributed by atoms with Crippen molar-refractivity contribution in [2.24, 2.45) is 0 Å². The quantitative estimate of drug-likeness (QED) is 0.512. The van der Waals surface area contributed by atoms with Crippen LogP contribution in [-0.2, 0) is 13.0 Å². The third-order valence-electron chi connectivity index (χ3n) is 5.15. The van der Waals surface area contributed by atoms with E-state index < -0.39 is 0 Å². The van der Waals surface area contributed by atoms with Crippen LogP contribution in [0.3, 0.4) is 0 Å². The van der Waals surface area contributed by atoms with Gasteiger partial charge >= 0.3 is 0 Å². The summed E-state index contributed by atoms with van der Waals surface area (Å²) in [6, 6.07) is 10.7. The zero-order valence-corrected chi connectivity index (χ0v) is 19.0. The zero-order chi connectivity index (χ0) is 23.1. The number of carbonyl (C=O) groups is 1.